The van der Waals surface area contributed by atoms with E-state index >= 15 is 0 Å². The van der Waals surface area contributed by atoms with Gasteiger partial charge in [0, 0.05) is 54.9 Å². The quantitative estimate of drug-likeness (QED) is 0.793. The molecule has 4 nitrogen and oxygen atoms in total. The van der Waals surface area contributed by atoms with Crippen LogP contribution >= 0.6 is 0 Å². The molecule has 3 rings (SSSR count). The molecule has 0 radical (unpaired) electrons. The first-order chi connectivity index (χ1) is 12.2. The minimum absolute atomic E-state index is 0.512. The third kappa shape index (κ3) is 3.38. The summed E-state index contributed by atoms with van der Waals surface area (Å²) in [4.78, 5) is 2.31. The fourth-order valence-corrected chi connectivity index (χ4v) is 3.28. The average Bonchev–Trinajstić information content (AvgIpc) is 2.64. The Bertz CT molecular complexity index is 783. The molecule has 2 N–H and O–H groups in total. The maximum Gasteiger partial charge on any atom is 0.140 e. The summed E-state index contributed by atoms with van der Waals surface area (Å²) >= 11 is 0. The van der Waals surface area contributed by atoms with E-state index in [4.69, 9.17) is 10.1 Å². The second kappa shape index (κ2) is 7.43. The van der Waals surface area contributed by atoms with Crippen molar-refractivity contribution >= 4 is 17.5 Å². The Kier molecular flexibility index (Phi) is 5.08. The minimum atomic E-state index is 0.512. The number of fused-ring (bicyclic) bond motifs is 1. The highest BCUT2D eigenvalue weighted by Gasteiger charge is 2.25. The lowest BCUT2D eigenvalue weighted by molar-refractivity contribution is 0.467. The van der Waals surface area contributed by atoms with Crippen molar-refractivity contribution in [3.8, 4) is 11.5 Å². The van der Waals surface area contributed by atoms with E-state index in [9.17, 15) is 0 Å². The van der Waals surface area contributed by atoms with Crippen molar-refractivity contribution in [2.75, 3.05) is 19.0 Å². The highest BCUT2D eigenvalue weighted by atomic mass is 16.5. The van der Waals surface area contributed by atoms with E-state index < -0.39 is 0 Å². The van der Waals surface area contributed by atoms with Crippen LogP contribution in [-0.4, -0.2) is 26.4 Å². The summed E-state index contributed by atoms with van der Waals surface area (Å²) in [7, 11) is 3.98. The molecule has 0 fully saturated rings. The number of hydrogen-bond acceptors (Lipinski definition) is 4. The summed E-state index contributed by atoms with van der Waals surface area (Å²) in [5, 5.41) is 10.8. The van der Waals surface area contributed by atoms with E-state index in [0.717, 1.165) is 35.5 Å². The smallest absolute Gasteiger partial charge is 0.140 e. The second-order valence-corrected chi connectivity index (χ2v) is 6.39. The number of nitrogens with zero attached hydrogens (tertiary/aromatic N) is 1. The van der Waals surface area contributed by atoms with Crippen molar-refractivity contribution in [2.24, 2.45) is 0 Å². The Labute approximate surface area is 149 Å². The highest BCUT2D eigenvalue weighted by molar-refractivity contribution is 6.09. The van der Waals surface area contributed by atoms with E-state index in [0.29, 0.717) is 6.04 Å². The van der Waals surface area contributed by atoms with Gasteiger partial charge in [0.1, 0.15) is 11.5 Å². The molecule has 0 aromatic heterocycles. The Morgan fingerprint density at radius 3 is 2.68 bits per heavy atom. The number of benzene rings is 2. The van der Waals surface area contributed by atoms with Gasteiger partial charge in [0.25, 0.3) is 0 Å². The molecule has 1 aliphatic rings. The van der Waals surface area contributed by atoms with Crippen LogP contribution in [0.15, 0.2) is 48.7 Å². The van der Waals surface area contributed by atoms with Gasteiger partial charge in [0.2, 0.25) is 0 Å². The Balaban J connectivity index is 2.16. The molecule has 2 aromatic rings. The molecule has 2 aromatic carbocycles. The summed E-state index contributed by atoms with van der Waals surface area (Å²) in [5.74, 6) is 1.67. The average molecular weight is 335 g/mol. The van der Waals surface area contributed by atoms with E-state index in [1.807, 2.05) is 43.6 Å². The van der Waals surface area contributed by atoms with Gasteiger partial charge in [-0.1, -0.05) is 18.2 Å². The number of hydrogen-bond donors (Lipinski definition) is 2. The molecule has 25 heavy (non-hydrogen) atoms. The topological polar surface area (TPSA) is 48.4 Å². The predicted molar refractivity (Wildman–Crippen MR) is 105 cm³/mol. The van der Waals surface area contributed by atoms with Gasteiger partial charge in [-0.05, 0) is 44.0 Å². The zero-order chi connectivity index (χ0) is 17.8. The third-order valence-corrected chi connectivity index (χ3v) is 4.82. The normalized spacial score (nSPS) is 17.0. The molecule has 1 aliphatic heterocycles. The van der Waals surface area contributed by atoms with E-state index in [1.165, 1.54) is 17.5 Å². The van der Waals surface area contributed by atoms with Crippen molar-refractivity contribution in [1.82, 2.24) is 5.32 Å². The van der Waals surface area contributed by atoms with Crippen LogP contribution < -0.4 is 15.0 Å². The van der Waals surface area contributed by atoms with Gasteiger partial charge in [-0.3, -0.25) is 0 Å². The number of para-hydroxylation sites is 1. The summed E-state index contributed by atoms with van der Waals surface area (Å²) in [6, 6.07) is 14.6. The highest BCUT2D eigenvalue weighted by Crippen LogP contribution is 2.42. The van der Waals surface area contributed by atoms with Crippen LogP contribution in [0, 0.1) is 5.41 Å². The molecule has 0 bridgehead atoms. The van der Waals surface area contributed by atoms with Crippen LogP contribution in [0.5, 0.6) is 11.5 Å². The van der Waals surface area contributed by atoms with Crippen LogP contribution in [0.2, 0.25) is 0 Å². The van der Waals surface area contributed by atoms with Gasteiger partial charge in [-0.25, -0.2) is 0 Å². The monoisotopic (exact) mass is 335 g/mol. The van der Waals surface area contributed by atoms with Crippen molar-refractivity contribution in [1.29, 1.82) is 5.41 Å². The summed E-state index contributed by atoms with van der Waals surface area (Å²) in [6.45, 7) is 2.25. The lowest BCUT2D eigenvalue weighted by Gasteiger charge is -2.35. The van der Waals surface area contributed by atoms with E-state index in [2.05, 4.69) is 36.3 Å². The van der Waals surface area contributed by atoms with Gasteiger partial charge in [0.05, 0.1) is 0 Å². The molecule has 0 aliphatic carbocycles. The van der Waals surface area contributed by atoms with Crippen molar-refractivity contribution < 1.29 is 4.74 Å². The lowest BCUT2D eigenvalue weighted by Crippen LogP contribution is -2.33. The van der Waals surface area contributed by atoms with E-state index in [1.54, 1.807) is 0 Å². The van der Waals surface area contributed by atoms with Gasteiger partial charge < -0.3 is 20.4 Å². The van der Waals surface area contributed by atoms with Crippen molar-refractivity contribution in [3.05, 3.63) is 59.8 Å². The van der Waals surface area contributed by atoms with Crippen molar-refractivity contribution in [2.45, 2.75) is 25.8 Å². The number of allylic oxidation sites excluding steroid dienone is 1. The van der Waals surface area contributed by atoms with Gasteiger partial charge in [-0.2, -0.15) is 0 Å². The SMILES string of the molecule is CN/C=C(\C=N)c1ccc2c(c1Oc1ccccc1)CCC(C)N2C. The standard InChI is InChI=1S/C21H25N3O/c1-15-9-10-19-20(24(15)3)12-11-18(16(13-22)14-23-2)21(19)25-17-7-5-4-6-8-17/h4-8,11-15,22-23H,9-10H2,1-3H3/b16-14+,22-13?. The van der Waals surface area contributed by atoms with Crippen LogP contribution in [0.25, 0.3) is 5.57 Å². The molecule has 1 unspecified atom stereocenters. The number of anilines is 1. The molecular formula is C21H25N3O. The van der Waals surface area contributed by atoms with Gasteiger partial charge in [-0.15, -0.1) is 0 Å². The molecule has 1 heterocycles. The summed E-state index contributed by atoms with van der Waals surface area (Å²) < 4.78 is 6.32. The fourth-order valence-electron chi connectivity index (χ4n) is 3.28. The van der Waals surface area contributed by atoms with Crippen molar-refractivity contribution in [3.63, 3.8) is 0 Å². The van der Waals surface area contributed by atoms with Crippen LogP contribution in [0.4, 0.5) is 5.69 Å². The zero-order valence-electron chi connectivity index (χ0n) is 15.0. The molecule has 4 heteroatoms. The third-order valence-electron chi connectivity index (χ3n) is 4.82. The minimum Gasteiger partial charge on any atom is -0.456 e. The lowest BCUT2D eigenvalue weighted by atomic mass is 9.92. The number of ether oxygens (including phenoxy) is 1. The fraction of sp³-hybridized carbons (Fsp3) is 0.286. The molecule has 0 amide bonds. The van der Waals surface area contributed by atoms with Crippen LogP contribution in [-0.2, 0) is 6.42 Å². The molecule has 130 valence electrons. The molecule has 0 saturated heterocycles. The summed E-state index contributed by atoms with van der Waals surface area (Å²) in [6.07, 6.45) is 5.27. The number of rotatable bonds is 5. The van der Waals surface area contributed by atoms with Gasteiger partial charge in [0.15, 0.2) is 0 Å². The Morgan fingerprint density at radius 2 is 2.00 bits per heavy atom. The largest absolute Gasteiger partial charge is 0.456 e. The predicted octanol–water partition coefficient (Wildman–Crippen LogP) is 4.46. The van der Waals surface area contributed by atoms with Gasteiger partial charge >= 0.3 is 0 Å². The molecule has 0 spiro atoms. The molecular weight excluding hydrogens is 310 g/mol. The van der Waals surface area contributed by atoms with E-state index in [-0.39, 0.29) is 0 Å². The first-order valence-corrected chi connectivity index (χ1v) is 8.65. The molecule has 1 atom stereocenters. The maximum absolute atomic E-state index is 7.79. The second-order valence-electron chi connectivity index (χ2n) is 6.39. The first kappa shape index (κ1) is 17.1. The zero-order valence-corrected chi connectivity index (χ0v) is 15.0. The van der Waals surface area contributed by atoms with Crippen LogP contribution in [0.1, 0.15) is 24.5 Å². The number of nitrogens with one attached hydrogen (secondary N) is 2. The van der Waals surface area contributed by atoms with Crippen LogP contribution in [0.3, 0.4) is 0 Å². The Hall–Kier alpha value is -2.75. The Morgan fingerprint density at radius 1 is 1.24 bits per heavy atom. The maximum atomic E-state index is 7.79. The molecule has 0 saturated carbocycles. The first-order valence-electron chi connectivity index (χ1n) is 8.65. The summed E-state index contributed by atoms with van der Waals surface area (Å²) in [5.41, 5.74) is 4.17.